The van der Waals surface area contributed by atoms with Crippen LogP contribution in [0.5, 0.6) is 0 Å². The van der Waals surface area contributed by atoms with Gasteiger partial charge in [0.2, 0.25) is 0 Å². The lowest BCUT2D eigenvalue weighted by molar-refractivity contribution is 0.955. The third-order valence-electron chi connectivity index (χ3n) is 5.47. The first-order chi connectivity index (χ1) is 13.8. The van der Waals surface area contributed by atoms with Crippen LogP contribution in [0, 0.1) is 5.92 Å². The van der Waals surface area contributed by atoms with Crippen LogP contribution < -0.4 is 5.73 Å². The summed E-state index contributed by atoms with van der Waals surface area (Å²) in [5, 5.41) is 2.20. The Morgan fingerprint density at radius 2 is 1.75 bits per heavy atom. The topological polar surface area (TPSA) is 51.8 Å². The zero-order valence-corrected chi connectivity index (χ0v) is 15.8. The predicted octanol–water partition coefficient (Wildman–Crippen LogP) is 5.57. The van der Waals surface area contributed by atoms with Crippen molar-refractivity contribution in [2.75, 3.05) is 5.73 Å². The van der Waals surface area contributed by atoms with Crippen molar-refractivity contribution in [2.24, 2.45) is 5.92 Å². The number of fused-ring (bicyclic) bond motifs is 3. The van der Waals surface area contributed by atoms with Crippen LogP contribution in [-0.4, -0.2) is 9.97 Å². The van der Waals surface area contributed by atoms with E-state index in [1.54, 1.807) is 0 Å². The Hall–Kier alpha value is -3.20. The van der Waals surface area contributed by atoms with E-state index in [1.807, 2.05) is 6.20 Å². The average molecular weight is 365 g/mol. The highest BCUT2D eigenvalue weighted by Gasteiger charge is 2.17. The van der Waals surface area contributed by atoms with Gasteiger partial charge in [-0.25, -0.2) is 4.98 Å². The molecule has 1 saturated carbocycles. The van der Waals surface area contributed by atoms with Gasteiger partial charge in [-0.2, -0.15) is 0 Å². The van der Waals surface area contributed by atoms with E-state index in [0.29, 0.717) is 5.82 Å². The maximum Gasteiger partial charge on any atom is 0.150 e. The Labute approximate surface area is 164 Å². The van der Waals surface area contributed by atoms with Gasteiger partial charge >= 0.3 is 0 Å². The lowest BCUT2D eigenvalue weighted by atomic mass is 10.0. The van der Waals surface area contributed by atoms with Gasteiger partial charge < -0.3 is 5.73 Å². The van der Waals surface area contributed by atoms with Gasteiger partial charge in [-0.1, -0.05) is 54.6 Å². The van der Waals surface area contributed by atoms with Crippen molar-refractivity contribution in [3.8, 4) is 0 Å². The van der Waals surface area contributed by atoms with Crippen molar-refractivity contribution in [1.29, 1.82) is 0 Å². The summed E-state index contributed by atoms with van der Waals surface area (Å²) in [6.07, 6.45) is 11.0. The highest BCUT2D eigenvalue weighted by Crippen LogP contribution is 2.32. The van der Waals surface area contributed by atoms with E-state index in [2.05, 4.69) is 76.7 Å². The molecule has 1 fully saturated rings. The number of anilines is 1. The molecule has 0 aliphatic heterocycles. The highest BCUT2D eigenvalue weighted by atomic mass is 14.9. The van der Waals surface area contributed by atoms with Crippen LogP contribution in [0.3, 0.4) is 0 Å². The van der Waals surface area contributed by atoms with E-state index in [4.69, 9.17) is 5.73 Å². The number of aryl methyl sites for hydroxylation is 2. The van der Waals surface area contributed by atoms with Crippen LogP contribution in [0.15, 0.2) is 66.9 Å². The standard InChI is InChI=1S/C25H23N3/c26-25-24-22(14-20(16-27-24)11-9-17-4-2-1-3-5-17)21-13-12-19(15-23(21)28-25)10-8-18-6-7-18/h1-5,8,10,12-16,18H,6-7,9,11H2,(H2,26,28). The van der Waals surface area contributed by atoms with E-state index in [1.165, 1.54) is 29.5 Å². The van der Waals surface area contributed by atoms with Gasteiger partial charge in [0, 0.05) is 17.0 Å². The van der Waals surface area contributed by atoms with Gasteiger partial charge in [0.15, 0.2) is 5.82 Å². The summed E-state index contributed by atoms with van der Waals surface area (Å²) in [5.74, 6) is 1.27. The third-order valence-corrected chi connectivity index (χ3v) is 5.47. The molecule has 1 aliphatic rings. The molecule has 0 amide bonds. The zero-order valence-electron chi connectivity index (χ0n) is 15.8. The molecule has 2 aromatic carbocycles. The Kier molecular flexibility index (Phi) is 4.28. The second-order valence-electron chi connectivity index (χ2n) is 7.70. The van der Waals surface area contributed by atoms with Gasteiger partial charge in [-0.05, 0) is 60.4 Å². The van der Waals surface area contributed by atoms with Crippen molar-refractivity contribution in [3.63, 3.8) is 0 Å². The molecule has 5 rings (SSSR count). The van der Waals surface area contributed by atoms with Gasteiger partial charge in [0.1, 0.15) is 5.52 Å². The number of hydrogen-bond donors (Lipinski definition) is 1. The van der Waals surface area contributed by atoms with E-state index in [9.17, 15) is 0 Å². The summed E-state index contributed by atoms with van der Waals surface area (Å²) >= 11 is 0. The normalized spacial score (nSPS) is 14.3. The molecule has 0 unspecified atom stereocenters. The molecule has 2 heterocycles. The van der Waals surface area contributed by atoms with Crippen molar-refractivity contribution in [2.45, 2.75) is 25.7 Å². The molecule has 0 radical (unpaired) electrons. The quantitative estimate of drug-likeness (QED) is 0.470. The minimum atomic E-state index is 0.500. The molecule has 0 atom stereocenters. The minimum absolute atomic E-state index is 0.500. The van der Waals surface area contributed by atoms with Gasteiger partial charge in [-0.3, -0.25) is 4.98 Å². The second kappa shape index (κ2) is 7.08. The monoisotopic (exact) mass is 365 g/mol. The summed E-state index contributed by atoms with van der Waals surface area (Å²) in [4.78, 5) is 9.24. The third kappa shape index (κ3) is 3.48. The fourth-order valence-electron chi connectivity index (χ4n) is 3.68. The fraction of sp³-hybridized carbons (Fsp3) is 0.200. The van der Waals surface area contributed by atoms with E-state index in [0.717, 1.165) is 40.6 Å². The first kappa shape index (κ1) is 16.9. The minimum Gasteiger partial charge on any atom is -0.382 e. The number of benzene rings is 2. The smallest absolute Gasteiger partial charge is 0.150 e. The summed E-state index contributed by atoms with van der Waals surface area (Å²) < 4.78 is 0. The lowest BCUT2D eigenvalue weighted by Crippen LogP contribution is -1.98. The van der Waals surface area contributed by atoms with Crippen molar-refractivity contribution >= 4 is 33.7 Å². The number of pyridine rings is 2. The van der Waals surface area contributed by atoms with Gasteiger partial charge in [-0.15, -0.1) is 0 Å². The summed E-state index contributed by atoms with van der Waals surface area (Å²) in [6, 6.07) is 19.2. The summed E-state index contributed by atoms with van der Waals surface area (Å²) in [7, 11) is 0. The van der Waals surface area contributed by atoms with Crippen LogP contribution in [0.1, 0.15) is 29.5 Å². The molecule has 138 valence electrons. The van der Waals surface area contributed by atoms with E-state index >= 15 is 0 Å². The molecular formula is C25H23N3. The van der Waals surface area contributed by atoms with E-state index < -0.39 is 0 Å². The molecule has 3 heteroatoms. The summed E-state index contributed by atoms with van der Waals surface area (Å²) in [5.41, 5.74) is 11.7. The van der Waals surface area contributed by atoms with Gasteiger partial charge in [0.05, 0.1) is 5.52 Å². The zero-order chi connectivity index (χ0) is 18.9. The van der Waals surface area contributed by atoms with Crippen LogP contribution in [0.2, 0.25) is 0 Å². The number of allylic oxidation sites excluding steroid dienone is 1. The van der Waals surface area contributed by atoms with Crippen LogP contribution in [0.4, 0.5) is 5.82 Å². The maximum absolute atomic E-state index is 6.23. The Bertz CT molecular complexity index is 1170. The molecule has 3 nitrogen and oxygen atoms in total. The second-order valence-corrected chi connectivity index (χ2v) is 7.70. The Balaban J connectivity index is 1.51. The Morgan fingerprint density at radius 3 is 2.57 bits per heavy atom. The molecule has 28 heavy (non-hydrogen) atoms. The van der Waals surface area contributed by atoms with E-state index in [-0.39, 0.29) is 0 Å². The fourth-order valence-corrected chi connectivity index (χ4v) is 3.68. The largest absolute Gasteiger partial charge is 0.382 e. The number of nitrogens with zero attached hydrogens (tertiary/aromatic N) is 2. The number of aromatic nitrogens is 2. The first-order valence-corrected chi connectivity index (χ1v) is 9.96. The van der Waals surface area contributed by atoms with Crippen molar-refractivity contribution in [3.05, 3.63) is 83.6 Å². The van der Waals surface area contributed by atoms with Gasteiger partial charge in [0.25, 0.3) is 0 Å². The van der Waals surface area contributed by atoms with Crippen LogP contribution in [0.25, 0.3) is 27.9 Å². The summed E-state index contributed by atoms with van der Waals surface area (Å²) in [6.45, 7) is 0. The Morgan fingerprint density at radius 1 is 0.929 bits per heavy atom. The molecule has 1 aliphatic carbocycles. The predicted molar refractivity (Wildman–Crippen MR) is 117 cm³/mol. The van der Waals surface area contributed by atoms with Crippen LogP contribution in [-0.2, 0) is 12.8 Å². The first-order valence-electron chi connectivity index (χ1n) is 9.96. The number of nitrogen functional groups attached to an aromatic ring is 1. The molecule has 2 aromatic heterocycles. The maximum atomic E-state index is 6.23. The molecule has 2 N–H and O–H groups in total. The van der Waals surface area contributed by atoms with Crippen molar-refractivity contribution < 1.29 is 0 Å². The molecule has 0 spiro atoms. The van der Waals surface area contributed by atoms with Crippen LogP contribution >= 0.6 is 0 Å². The van der Waals surface area contributed by atoms with Crippen molar-refractivity contribution in [1.82, 2.24) is 9.97 Å². The SMILES string of the molecule is Nc1nc2cc(C=CC3CC3)ccc2c2cc(CCc3ccccc3)cnc12. The number of nitrogens with two attached hydrogens (primary N) is 1. The number of rotatable bonds is 5. The average Bonchev–Trinajstić information content (AvgIpc) is 3.56. The number of hydrogen-bond acceptors (Lipinski definition) is 3. The molecule has 4 aromatic rings. The highest BCUT2D eigenvalue weighted by molar-refractivity contribution is 6.08. The lowest BCUT2D eigenvalue weighted by Gasteiger charge is -2.09. The molecule has 0 saturated heterocycles. The molecular weight excluding hydrogens is 342 g/mol. The molecule has 0 bridgehead atoms.